The molecule has 1 atom stereocenters. The van der Waals surface area contributed by atoms with E-state index in [1.54, 1.807) is 0 Å². The van der Waals surface area contributed by atoms with Crippen molar-refractivity contribution in [3.8, 4) is 0 Å². The molecule has 0 radical (unpaired) electrons. The Morgan fingerprint density at radius 2 is 2.03 bits per heavy atom. The number of anilines is 3. The van der Waals surface area contributed by atoms with Gasteiger partial charge < -0.3 is 15.4 Å². The van der Waals surface area contributed by atoms with Crippen molar-refractivity contribution >= 4 is 17.5 Å². The second kappa shape index (κ2) is 8.99. The summed E-state index contributed by atoms with van der Waals surface area (Å²) in [4.78, 5) is 16.1. The predicted molar refractivity (Wildman–Crippen MR) is 122 cm³/mol. The summed E-state index contributed by atoms with van der Waals surface area (Å²) < 4.78 is 5.43. The predicted octanol–water partition coefficient (Wildman–Crippen LogP) is 3.36. The van der Waals surface area contributed by atoms with Crippen molar-refractivity contribution in [1.29, 1.82) is 0 Å². The van der Waals surface area contributed by atoms with Crippen molar-refractivity contribution in [2.45, 2.75) is 19.3 Å². The first-order valence-corrected chi connectivity index (χ1v) is 10.9. The maximum atomic E-state index is 5.43. The molecule has 0 spiro atoms. The van der Waals surface area contributed by atoms with Gasteiger partial charge >= 0.3 is 0 Å². The van der Waals surface area contributed by atoms with Gasteiger partial charge in [0.25, 0.3) is 0 Å². The average Bonchev–Trinajstić information content (AvgIpc) is 3.24. The Balaban J connectivity index is 1.26. The fraction of sp³-hybridized carbons (Fsp3) is 0.375. The molecule has 4 heterocycles. The van der Waals surface area contributed by atoms with Gasteiger partial charge in [-0.25, -0.2) is 15.0 Å². The van der Waals surface area contributed by atoms with Crippen molar-refractivity contribution in [1.82, 2.24) is 19.9 Å². The monoisotopic (exact) mass is 416 g/mol. The highest BCUT2D eigenvalue weighted by Gasteiger charge is 2.25. The number of rotatable bonds is 6. The molecule has 2 N–H and O–H groups in total. The summed E-state index contributed by atoms with van der Waals surface area (Å²) in [6, 6.07) is 12.7. The average molecular weight is 417 g/mol. The van der Waals surface area contributed by atoms with Gasteiger partial charge in [0, 0.05) is 55.7 Å². The molecule has 31 heavy (non-hydrogen) atoms. The summed E-state index contributed by atoms with van der Waals surface area (Å²) in [7, 11) is 0. The standard InChI is InChI=1S/C24H28N6O/c1-17-15-18(7-10-30-11-13-31-14-12-30)4-5-21(17)28-24-26-9-6-22(29-24)20-16-27-23-19(20)3-2-8-25-23/h2-6,8-9,15,20H,7,10-14,16H2,1H3,(H,25,27)(H,26,28,29). The molecule has 2 aliphatic heterocycles. The van der Waals surface area contributed by atoms with Gasteiger partial charge in [-0.1, -0.05) is 18.2 Å². The van der Waals surface area contributed by atoms with Crippen molar-refractivity contribution in [3.05, 3.63) is 71.2 Å². The van der Waals surface area contributed by atoms with Crippen LogP contribution in [0.2, 0.25) is 0 Å². The van der Waals surface area contributed by atoms with Gasteiger partial charge in [0.1, 0.15) is 5.82 Å². The van der Waals surface area contributed by atoms with Crippen molar-refractivity contribution in [2.24, 2.45) is 0 Å². The summed E-state index contributed by atoms with van der Waals surface area (Å²) in [6.45, 7) is 7.77. The van der Waals surface area contributed by atoms with Crippen LogP contribution >= 0.6 is 0 Å². The molecule has 7 heteroatoms. The Morgan fingerprint density at radius 1 is 1.13 bits per heavy atom. The zero-order chi connectivity index (χ0) is 21.0. The Morgan fingerprint density at radius 3 is 2.90 bits per heavy atom. The van der Waals surface area contributed by atoms with E-state index in [-0.39, 0.29) is 5.92 Å². The first-order valence-electron chi connectivity index (χ1n) is 10.9. The molecule has 0 amide bonds. The molecule has 1 aromatic carbocycles. The van der Waals surface area contributed by atoms with Gasteiger partial charge in [0.05, 0.1) is 18.9 Å². The van der Waals surface area contributed by atoms with Gasteiger partial charge in [-0.15, -0.1) is 0 Å². The molecule has 0 saturated carbocycles. The fourth-order valence-corrected chi connectivity index (χ4v) is 4.30. The minimum absolute atomic E-state index is 0.191. The van der Waals surface area contributed by atoms with Gasteiger partial charge in [-0.2, -0.15) is 0 Å². The first kappa shape index (κ1) is 19.9. The maximum Gasteiger partial charge on any atom is 0.227 e. The van der Waals surface area contributed by atoms with E-state index in [0.717, 1.165) is 63.0 Å². The topological polar surface area (TPSA) is 75.2 Å². The van der Waals surface area contributed by atoms with E-state index in [1.807, 2.05) is 24.5 Å². The van der Waals surface area contributed by atoms with Crippen LogP contribution in [-0.4, -0.2) is 59.2 Å². The molecule has 7 nitrogen and oxygen atoms in total. The number of ether oxygens (including phenoxy) is 1. The highest BCUT2D eigenvalue weighted by molar-refractivity contribution is 5.60. The summed E-state index contributed by atoms with van der Waals surface area (Å²) in [6.07, 6.45) is 4.69. The lowest BCUT2D eigenvalue weighted by Crippen LogP contribution is -2.37. The van der Waals surface area contributed by atoms with E-state index < -0.39 is 0 Å². The van der Waals surface area contributed by atoms with Crippen LogP contribution in [0.3, 0.4) is 0 Å². The number of aryl methyl sites for hydroxylation is 1. The third-order valence-corrected chi connectivity index (χ3v) is 6.08. The molecule has 3 aromatic rings. The number of benzene rings is 1. The van der Waals surface area contributed by atoms with Gasteiger partial charge in [-0.3, -0.25) is 4.90 Å². The molecule has 1 unspecified atom stereocenters. The van der Waals surface area contributed by atoms with Crippen LogP contribution in [0.15, 0.2) is 48.8 Å². The molecular weight excluding hydrogens is 388 g/mol. The molecule has 0 aliphatic carbocycles. The lowest BCUT2D eigenvalue weighted by atomic mass is 9.99. The number of fused-ring (bicyclic) bond motifs is 1. The maximum absolute atomic E-state index is 5.43. The first-order chi connectivity index (χ1) is 15.3. The second-order valence-electron chi connectivity index (χ2n) is 8.16. The number of morpholine rings is 1. The quantitative estimate of drug-likeness (QED) is 0.638. The minimum atomic E-state index is 0.191. The van der Waals surface area contributed by atoms with E-state index in [1.165, 1.54) is 16.7 Å². The Kier molecular flexibility index (Phi) is 5.78. The van der Waals surface area contributed by atoms with E-state index in [2.05, 4.69) is 56.7 Å². The minimum Gasteiger partial charge on any atom is -0.379 e. The van der Waals surface area contributed by atoms with Crippen LogP contribution in [0.1, 0.15) is 28.3 Å². The lowest BCUT2D eigenvalue weighted by Gasteiger charge is -2.26. The van der Waals surface area contributed by atoms with E-state index >= 15 is 0 Å². The molecule has 2 aliphatic rings. The highest BCUT2D eigenvalue weighted by Crippen LogP contribution is 2.33. The molecule has 1 fully saturated rings. The number of nitrogens with zero attached hydrogens (tertiary/aromatic N) is 4. The zero-order valence-electron chi connectivity index (χ0n) is 17.8. The molecular formula is C24H28N6O. The van der Waals surface area contributed by atoms with Crippen LogP contribution in [0, 0.1) is 6.92 Å². The number of pyridine rings is 1. The fourth-order valence-electron chi connectivity index (χ4n) is 4.30. The van der Waals surface area contributed by atoms with Crippen molar-refractivity contribution in [3.63, 3.8) is 0 Å². The molecule has 1 saturated heterocycles. The largest absolute Gasteiger partial charge is 0.379 e. The van der Waals surface area contributed by atoms with Crippen molar-refractivity contribution < 1.29 is 4.74 Å². The number of hydrogen-bond donors (Lipinski definition) is 2. The van der Waals surface area contributed by atoms with Gasteiger partial charge in [0.15, 0.2) is 0 Å². The van der Waals surface area contributed by atoms with Crippen LogP contribution < -0.4 is 10.6 Å². The van der Waals surface area contributed by atoms with Crippen LogP contribution in [-0.2, 0) is 11.2 Å². The van der Waals surface area contributed by atoms with Crippen LogP contribution in [0.25, 0.3) is 0 Å². The van der Waals surface area contributed by atoms with Gasteiger partial charge in [0.2, 0.25) is 5.95 Å². The smallest absolute Gasteiger partial charge is 0.227 e. The lowest BCUT2D eigenvalue weighted by molar-refractivity contribution is 0.0384. The number of hydrogen-bond acceptors (Lipinski definition) is 7. The Bertz CT molecular complexity index is 1050. The van der Waals surface area contributed by atoms with Crippen LogP contribution in [0.4, 0.5) is 17.5 Å². The zero-order valence-corrected chi connectivity index (χ0v) is 17.8. The number of nitrogens with one attached hydrogen (secondary N) is 2. The Hall–Kier alpha value is -3.03. The highest BCUT2D eigenvalue weighted by atomic mass is 16.5. The molecule has 0 bridgehead atoms. The van der Waals surface area contributed by atoms with E-state index in [9.17, 15) is 0 Å². The molecule has 5 rings (SSSR count). The number of aromatic nitrogens is 3. The Labute approximate surface area is 182 Å². The molecule has 160 valence electrons. The summed E-state index contributed by atoms with van der Waals surface area (Å²) in [5, 5.41) is 6.77. The van der Waals surface area contributed by atoms with Crippen LogP contribution in [0.5, 0.6) is 0 Å². The van der Waals surface area contributed by atoms with Crippen molar-refractivity contribution in [2.75, 3.05) is 50.0 Å². The van der Waals surface area contributed by atoms with E-state index in [0.29, 0.717) is 5.95 Å². The van der Waals surface area contributed by atoms with Gasteiger partial charge in [-0.05, 0) is 42.7 Å². The summed E-state index contributed by atoms with van der Waals surface area (Å²) in [5.74, 6) is 1.76. The molecule has 2 aromatic heterocycles. The SMILES string of the molecule is Cc1cc(CCN2CCOCC2)ccc1Nc1nccc(C2CNc3ncccc32)n1. The second-order valence-corrected chi connectivity index (χ2v) is 8.16. The summed E-state index contributed by atoms with van der Waals surface area (Å²) in [5.41, 5.74) is 5.78. The summed E-state index contributed by atoms with van der Waals surface area (Å²) >= 11 is 0. The third kappa shape index (κ3) is 4.52. The third-order valence-electron chi connectivity index (χ3n) is 6.08. The van der Waals surface area contributed by atoms with E-state index in [4.69, 9.17) is 9.72 Å². The normalized spacial score (nSPS) is 18.4.